The first-order chi connectivity index (χ1) is 24.3. The van der Waals surface area contributed by atoms with Crippen molar-refractivity contribution in [3.05, 3.63) is 130 Å². The zero-order chi connectivity index (χ0) is 36.7. The smallest absolute Gasteiger partial charge is 0.210 e. The van der Waals surface area contributed by atoms with Crippen molar-refractivity contribution < 1.29 is 23.7 Å². The fourth-order valence-corrected chi connectivity index (χ4v) is 8.23. The molecule has 1 aromatic heterocycles. The fourth-order valence-electron chi connectivity index (χ4n) is 8.23. The van der Waals surface area contributed by atoms with Crippen LogP contribution in [-0.4, -0.2) is 35.6 Å². The van der Waals surface area contributed by atoms with Gasteiger partial charge in [-0.05, 0) is 99.1 Å². The Morgan fingerprint density at radius 3 is 2.29 bits per heavy atom. The third-order valence-electron chi connectivity index (χ3n) is 11.2. The highest BCUT2D eigenvalue weighted by Crippen LogP contribution is 2.49. The molecule has 0 fully saturated rings. The SMILES string of the molecule is CCN1/C(=C/C=C2\CCC(/C=C/C3=[N+](CC)c4ccc(OC)cc4C3(C)C)=C2OC(c2cc[n+](C)cc2)C(C)C)C(C)(C)c2cc(CO)ccc21. The van der Waals surface area contributed by atoms with Gasteiger partial charge >= 0.3 is 0 Å². The molecule has 0 amide bonds. The van der Waals surface area contributed by atoms with E-state index in [1.807, 2.05) is 6.07 Å². The summed E-state index contributed by atoms with van der Waals surface area (Å²) < 4.78 is 17.3. The first-order valence-electron chi connectivity index (χ1n) is 18.7. The number of ether oxygens (including phenoxy) is 2. The lowest BCUT2D eigenvalue weighted by molar-refractivity contribution is -0.671. The van der Waals surface area contributed by atoms with Gasteiger partial charge in [0.2, 0.25) is 5.69 Å². The number of allylic oxidation sites excluding steroid dienone is 7. The number of aryl methyl sites for hydroxylation is 1. The third-order valence-corrected chi connectivity index (χ3v) is 11.2. The molecule has 268 valence electrons. The summed E-state index contributed by atoms with van der Waals surface area (Å²) >= 11 is 0. The van der Waals surface area contributed by atoms with Crippen LogP contribution < -0.4 is 14.2 Å². The molecule has 6 rings (SSSR count). The second kappa shape index (κ2) is 14.3. The number of anilines is 1. The van der Waals surface area contributed by atoms with Crippen LogP contribution in [0.3, 0.4) is 0 Å². The lowest BCUT2D eigenvalue weighted by Gasteiger charge is -2.26. The summed E-state index contributed by atoms with van der Waals surface area (Å²) in [7, 11) is 3.79. The minimum absolute atomic E-state index is 0.0453. The molecule has 3 aromatic rings. The molecule has 0 radical (unpaired) electrons. The van der Waals surface area contributed by atoms with E-state index in [1.165, 1.54) is 50.6 Å². The van der Waals surface area contributed by atoms with Gasteiger partial charge in [-0.15, -0.1) is 0 Å². The second-order valence-electron chi connectivity index (χ2n) is 15.5. The van der Waals surface area contributed by atoms with Crippen molar-refractivity contribution in [3.63, 3.8) is 0 Å². The molecule has 0 spiro atoms. The fraction of sp³-hybridized carbons (Fsp3) is 0.422. The number of methoxy groups -OCH3 is 1. The van der Waals surface area contributed by atoms with Crippen molar-refractivity contribution in [1.82, 2.24) is 0 Å². The number of hydrogen-bond donors (Lipinski definition) is 1. The Morgan fingerprint density at radius 2 is 1.65 bits per heavy atom. The summed E-state index contributed by atoms with van der Waals surface area (Å²) in [6.45, 7) is 19.9. The van der Waals surface area contributed by atoms with Crippen LogP contribution in [0.1, 0.15) is 96.6 Å². The molecule has 2 aliphatic heterocycles. The summed E-state index contributed by atoms with van der Waals surface area (Å²) in [5, 5.41) is 9.90. The number of aromatic nitrogens is 1. The Balaban J connectivity index is 1.44. The molecule has 0 saturated heterocycles. The average molecular weight is 688 g/mol. The largest absolute Gasteiger partial charge is 0.497 e. The summed E-state index contributed by atoms with van der Waals surface area (Å²) in [6.07, 6.45) is 15.2. The molecule has 0 saturated carbocycles. The van der Waals surface area contributed by atoms with Gasteiger partial charge in [-0.1, -0.05) is 45.9 Å². The first-order valence-corrected chi connectivity index (χ1v) is 18.7. The van der Waals surface area contributed by atoms with E-state index >= 15 is 0 Å². The van der Waals surface area contributed by atoms with Crippen molar-refractivity contribution in [1.29, 1.82) is 0 Å². The van der Waals surface area contributed by atoms with E-state index in [0.29, 0.717) is 0 Å². The van der Waals surface area contributed by atoms with Crippen molar-refractivity contribution in [2.75, 3.05) is 25.1 Å². The summed E-state index contributed by atoms with van der Waals surface area (Å²) in [5.74, 6) is 2.16. The predicted octanol–water partition coefficient (Wildman–Crippen LogP) is 9.05. The maximum atomic E-state index is 9.90. The quantitative estimate of drug-likeness (QED) is 0.205. The van der Waals surface area contributed by atoms with Crippen LogP contribution in [0.25, 0.3) is 0 Å². The number of benzene rings is 2. The van der Waals surface area contributed by atoms with Crippen molar-refractivity contribution in [2.45, 2.75) is 91.8 Å². The number of fused-ring (bicyclic) bond motifs is 2. The van der Waals surface area contributed by atoms with E-state index in [1.54, 1.807) is 7.11 Å². The molecule has 1 unspecified atom stereocenters. The average Bonchev–Trinajstić information content (AvgIpc) is 3.68. The Bertz CT molecular complexity index is 1960. The Labute approximate surface area is 305 Å². The number of nitrogens with zero attached hydrogens (tertiary/aromatic N) is 3. The summed E-state index contributed by atoms with van der Waals surface area (Å²) in [6, 6.07) is 17.2. The number of hydrogen-bond acceptors (Lipinski definition) is 4. The molecule has 2 aromatic carbocycles. The van der Waals surface area contributed by atoms with Crippen molar-refractivity contribution in [2.24, 2.45) is 13.0 Å². The van der Waals surface area contributed by atoms with Crippen LogP contribution in [0.5, 0.6) is 5.75 Å². The molecule has 3 aliphatic rings. The number of aliphatic hydroxyl groups is 1. The van der Waals surface area contributed by atoms with Gasteiger partial charge in [0.15, 0.2) is 18.1 Å². The maximum absolute atomic E-state index is 9.90. The van der Waals surface area contributed by atoms with Gasteiger partial charge in [0.05, 0.1) is 19.1 Å². The van der Waals surface area contributed by atoms with Gasteiger partial charge in [-0.3, -0.25) is 0 Å². The highest BCUT2D eigenvalue weighted by molar-refractivity contribution is 6.03. The van der Waals surface area contributed by atoms with Crippen LogP contribution in [0, 0.1) is 5.92 Å². The zero-order valence-corrected chi connectivity index (χ0v) is 32.4. The van der Waals surface area contributed by atoms with E-state index in [-0.39, 0.29) is 29.5 Å². The maximum Gasteiger partial charge on any atom is 0.210 e. The second-order valence-corrected chi connectivity index (χ2v) is 15.5. The molecule has 51 heavy (non-hydrogen) atoms. The van der Waals surface area contributed by atoms with Gasteiger partial charge in [0.25, 0.3) is 0 Å². The van der Waals surface area contributed by atoms with E-state index in [9.17, 15) is 5.11 Å². The number of pyridine rings is 1. The zero-order valence-electron chi connectivity index (χ0n) is 32.4. The van der Waals surface area contributed by atoms with Crippen LogP contribution in [0.15, 0.2) is 108 Å². The van der Waals surface area contributed by atoms with Crippen LogP contribution in [0.2, 0.25) is 0 Å². The monoisotopic (exact) mass is 687 g/mol. The number of likely N-dealkylation sites (N-methyl/N-ethyl adjacent to an activating group) is 1. The molecule has 3 heterocycles. The van der Waals surface area contributed by atoms with E-state index in [2.05, 4.69) is 156 Å². The minimum Gasteiger partial charge on any atom is -0.497 e. The molecule has 6 nitrogen and oxygen atoms in total. The topological polar surface area (TPSA) is 48.8 Å². The minimum atomic E-state index is -0.203. The number of aliphatic hydroxyl groups excluding tert-OH is 1. The standard InChI is InChI=1S/C45H57N3O3/c1-11-47-38-19-13-31(29-49)27-36(38)44(5,6)40(47)21-16-32-14-15-33(43(32)51-42(30(3)4)34-23-25-46(9)26-24-34)17-22-41-45(7,8)37-28-35(50-10)18-20-39(37)48(41)12-2/h13,16-28,30,42,49H,11-12,14-15,29H2,1-10H3/q+2. The van der Waals surface area contributed by atoms with Crippen molar-refractivity contribution >= 4 is 17.1 Å². The molecular formula is C45H57N3O3+2. The lowest BCUT2D eigenvalue weighted by atomic mass is 9.81. The van der Waals surface area contributed by atoms with E-state index in [4.69, 9.17) is 9.47 Å². The van der Waals surface area contributed by atoms with Gasteiger partial charge in [0.1, 0.15) is 31.2 Å². The first kappa shape index (κ1) is 36.4. The van der Waals surface area contributed by atoms with Crippen LogP contribution in [0.4, 0.5) is 11.4 Å². The summed E-state index contributed by atoms with van der Waals surface area (Å²) in [5.41, 5.74) is 11.8. The van der Waals surface area contributed by atoms with Crippen molar-refractivity contribution in [3.8, 4) is 5.75 Å². The Hall–Kier alpha value is -4.42. The Kier molecular flexibility index (Phi) is 10.2. The highest BCUT2D eigenvalue weighted by Gasteiger charge is 2.44. The predicted molar refractivity (Wildman–Crippen MR) is 208 cm³/mol. The molecule has 6 heteroatoms. The highest BCUT2D eigenvalue weighted by atomic mass is 16.5. The summed E-state index contributed by atoms with van der Waals surface area (Å²) in [4.78, 5) is 2.42. The molecule has 0 bridgehead atoms. The molecule has 1 atom stereocenters. The van der Waals surface area contributed by atoms with Gasteiger partial charge in [-0.25, -0.2) is 4.57 Å². The van der Waals surface area contributed by atoms with Gasteiger partial charge in [-0.2, -0.15) is 4.58 Å². The molecular weight excluding hydrogens is 631 g/mol. The van der Waals surface area contributed by atoms with Crippen LogP contribution >= 0.6 is 0 Å². The molecule has 1 N–H and O–H groups in total. The lowest BCUT2D eigenvalue weighted by Crippen LogP contribution is -2.27. The van der Waals surface area contributed by atoms with Gasteiger partial charge < -0.3 is 19.5 Å². The number of rotatable bonds is 11. The van der Waals surface area contributed by atoms with Gasteiger partial charge in [0, 0.05) is 58.7 Å². The van der Waals surface area contributed by atoms with E-state index in [0.717, 1.165) is 43.0 Å². The third kappa shape index (κ3) is 6.59. The van der Waals surface area contributed by atoms with E-state index < -0.39 is 0 Å². The van der Waals surface area contributed by atoms with Crippen LogP contribution in [-0.2, 0) is 29.2 Å². The molecule has 1 aliphatic carbocycles. The normalized spacial score (nSPS) is 20.0. The Morgan fingerprint density at radius 1 is 0.902 bits per heavy atom.